The van der Waals surface area contributed by atoms with Crippen LogP contribution in [0.3, 0.4) is 0 Å². The fraction of sp³-hybridized carbons (Fsp3) is 0.929. The number of hydrogen-bond acceptors (Lipinski definition) is 3. The maximum atomic E-state index is 12.5. The summed E-state index contributed by atoms with van der Waals surface area (Å²) in [4.78, 5) is 10.9. The topological polar surface area (TPSA) is 86.7 Å². The third-order valence-corrected chi connectivity index (χ3v) is 6.45. The third-order valence-electron chi connectivity index (χ3n) is 4.80. The highest BCUT2D eigenvalue weighted by Crippen LogP contribution is 2.25. The molecule has 0 aromatic rings. The molecule has 2 fully saturated rings. The van der Waals surface area contributed by atoms with E-state index in [1.54, 1.807) is 0 Å². The minimum Gasteiger partial charge on any atom is -0.481 e. The number of nitrogens with one attached hydrogen (secondary N) is 1. The largest absolute Gasteiger partial charge is 0.481 e. The lowest BCUT2D eigenvalue weighted by Gasteiger charge is -2.32. The van der Waals surface area contributed by atoms with Crippen molar-refractivity contribution in [3.05, 3.63) is 0 Å². The van der Waals surface area contributed by atoms with Crippen LogP contribution in [0.4, 0.5) is 0 Å². The molecule has 1 aliphatic carbocycles. The predicted octanol–water partition coefficient (Wildman–Crippen LogP) is 1.59. The van der Waals surface area contributed by atoms with E-state index in [-0.39, 0.29) is 6.04 Å². The molecule has 2 atom stereocenters. The summed E-state index contributed by atoms with van der Waals surface area (Å²) in [6.07, 6.45) is 6.17. The van der Waals surface area contributed by atoms with Crippen molar-refractivity contribution in [3.63, 3.8) is 0 Å². The Balaban J connectivity index is 1.94. The van der Waals surface area contributed by atoms with Gasteiger partial charge in [0.05, 0.1) is 5.92 Å². The van der Waals surface area contributed by atoms with Crippen LogP contribution in [0.25, 0.3) is 0 Å². The summed E-state index contributed by atoms with van der Waals surface area (Å²) in [5.74, 6) is -0.871. The third kappa shape index (κ3) is 4.40. The monoisotopic (exact) mass is 318 g/mol. The van der Waals surface area contributed by atoms with E-state index in [0.717, 1.165) is 19.3 Å². The van der Waals surface area contributed by atoms with E-state index in [1.807, 2.05) is 0 Å². The number of rotatable bonds is 4. The van der Waals surface area contributed by atoms with Crippen LogP contribution in [0.2, 0.25) is 0 Å². The van der Waals surface area contributed by atoms with Crippen LogP contribution >= 0.6 is 0 Å². The van der Waals surface area contributed by atoms with E-state index < -0.39 is 22.1 Å². The van der Waals surface area contributed by atoms with Crippen molar-refractivity contribution in [1.82, 2.24) is 9.03 Å². The summed E-state index contributed by atoms with van der Waals surface area (Å²) < 4.78 is 29.2. The van der Waals surface area contributed by atoms with Gasteiger partial charge in [-0.2, -0.15) is 17.4 Å². The molecule has 2 N–H and O–H groups in total. The van der Waals surface area contributed by atoms with Crippen LogP contribution in [0.5, 0.6) is 0 Å². The van der Waals surface area contributed by atoms with Crippen molar-refractivity contribution < 1.29 is 18.3 Å². The number of piperidine rings is 1. The average Bonchev–Trinajstić information content (AvgIpc) is 2.64. The van der Waals surface area contributed by atoms with Gasteiger partial charge in [0.1, 0.15) is 0 Å². The summed E-state index contributed by atoms with van der Waals surface area (Å²) in [6.45, 7) is 2.70. The molecule has 1 saturated heterocycles. The molecule has 0 amide bonds. The Kier molecular flexibility index (Phi) is 5.62. The second-order valence-corrected chi connectivity index (χ2v) is 8.06. The van der Waals surface area contributed by atoms with E-state index in [0.29, 0.717) is 31.8 Å². The van der Waals surface area contributed by atoms with Gasteiger partial charge in [-0.15, -0.1) is 0 Å². The maximum Gasteiger partial charge on any atom is 0.306 e. The standard InChI is InChI=1S/C14H26N2O4S/c1-11-5-3-2-4-6-13(11)15-21(19,20)16-9-7-12(8-10-16)14(17)18/h11-13,15H,2-10H2,1H3,(H,17,18). The summed E-state index contributed by atoms with van der Waals surface area (Å²) in [7, 11) is -3.49. The summed E-state index contributed by atoms with van der Waals surface area (Å²) >= 11 is 0. The molecule has 1 heterocycles. The van der Waals surface area contributed by atoms with E-state index in [2.05, 4.69) is 11.6 Å². The molecule has 7 heteroatoms. The van der Waals surface area contributed by atoms with E-state index in [4.69, 9.17) is 5.11 Å². The highest BCUT2D eigenvalue weighted by atomic mass is 32.2. The fourth-order valence-electron chi connectivity index (χ4n) is 3.28. The molecule has 0 aromatic heterocycles. The van der Waals surface area contributed by atoms with Gasteiger partial charge in [-0.25, -0.2) is 0 Å². The average molecular weight is 318 g/mol. The Labute approximate surface area is 127 Å². The van der Waals surface area contributed by atoms with Crippen LogP contribution in [0, 0.1) is 11.8 Å². The maximum absolute atomic E-state index is 12.5. The van der Waals surface area contributed by atoms with Crippen molar-refractivity contribution >= 4 is 16.2 Å². The number of hydrogen-bond donors (Lipinski definition) is 2. The summed E-state index contributed by atoms with van der Waals surface area (Å²) in [5, 5.41) is 8.97. The Morgan fingerprint density at radius 1 is 1.10 bits per heavy atom. The lowest BCUT2D eigenvalue weighted by Crippen LogP contribution is -2.50. The molecule has 1 aliphatic heterocycles. The van der Waals surface area contributed by atoms with Gasteiger partial charge in [-0.3, -0.25) is 4.79 Å². The minimum atomic E-state index is -3.49. The van der Waals surface area contributed by atoms with Crippen LogP contribution in [-0.4, -0.2) is 42.9 Å². The molecular formula is C14H26N2O4S. The first-order chi connectivity index (χ1) is 9.90. The molecule has 21 heavy (non-hydrogen) atoms. The van der Waals surface area contributed by atoms with Crippen LogP contribution < -0.4 is 4.72 Å². The molecule has 6 nitrogen and oxygen atoms in total. The Morgan fingerprint density at radius 3 is 2.33 bits per heavy atom. The molecule has 0 aromatic carbocycles. The molecule has 122 valence electrons. The molecule has 0 spiro atoms. The zero-order valence-electron chi connectivity index (χ0n) is 12.6. The zero-order chi connectivity index (χ0) is 15.5. The van der Waals surface area contributed by atoms with Crippen molar-refractivity contribution in [1.29, 1.82) is 0 Å². The highest BCUT2D eigenvalue weighted by Gasteiger charge is 2.33. The highest BCUT2D eigenvalue weighted by molar-refractivity contribution is 7.87. The Morgan fingerprint density at radius 2 is 1.71 bits per heavy atom. The minimum absolute atomic E-state index is 0.00898. The van der Waals surface area contributed by atoms with E-state index in [9.17, 15) is 13.2 Å². The molecule has 0 radical (unpaired) electrons. The molecule has 0 bridgehead atoms. The summed E-state index contributed by atoms with van der Waals surface area (Å²) in [6, 6.07) is 0.00898. The fourth-order valence-corrected chi connectivity index (χ4v) is 4.85. The Bertz CT molecular complexity index is 458. The number of carboxylic acid groups (broad SMARTS) is 1. The van der Waals surface area contributed by atoms with Gasteiger partial charge in [0.2, 0.25) is 0 Å². The van der Waals surface area contributed by atoms with E-state index >= 15 is 0 Å². The van der Waals surface area contributed by atoms with Crippen molar-refractivity contribution in [2.75, 3.05) is 13.1 Å². The normalized spacial score (nSPS) is 30.0. The van der Waals surface area contributed by atoms with Crippen molar-refractivity contribution in [2.24, 2.45) is 11.8 Å². The second kappa shape index (κ2) is 7.07. The first kappa shape index (κ1) is 16.7. The van der Waals surface area contributed by atoms with Gasteiger partial charge in [0.15, 0.2) is 0 Å². The van der Waals surface area contributed by atoms with Crippen molar-refractivity contribution in [3.8, 4) is 0 Å². The van der Waals surface area contributed by atoms with Gasteiger partial charge in [-0.1, -0.05) is 26.2 Å². The Hall–Kier alpha value is -0.660. The molecule has 1 saturated carbocycles. The van der Waals surface area contributed by atoms with Gasteiger partial charge in [0.25, 0.3) is 10.2 Å². The van der Waals surface area contributed by atoms with Crippen LogP contribution in [0.1, 0.15) is 51.9 Å². The van der Waals surface area contributed by atoms with Crippen LogP contribution in [0.15, 0.2) is 0 Å². The zero-order valence-corrected chi connectivity index (χ0v) is 13.4. The number of carbonyl (C=O) groups is 1. The molecule has 2 unspecified atom stereocenters. The van der Waals surface area contributed by atoms with Gasteiger partial charge in [0, 0.05) is 19.1 Å². The SMILES string of the molecule is CC1CCCCCC1NS(=O)(=O)N1CCC(C(=O)O)CC1. The van der Waals surface area contributed by atoms with Gasteiger partial charge >= 0.3 is 5.97 Å². The lowest BCUT2D eigenvalue weighted by molar-refractivity contribution is -0.142. The van der Waals surface area contributed by atoms with Crippen LogP contribution in [-0.2, 0) is 15.0 Å². The summed E-state index contributed by atoms with van der Waals surface area (Å²) in [5.41, 5.74) is 0. The number of nitrogens with zero attached hydrogens (tertiary/aromatic N) is 1. The smallest absolute Gasteiger partial charge is 0.306 e. The first-order valence-electron chi connectivity index (χ1n) is 7.90. The van der Waals surface area contributed by atoms with E-state index in [1.165, 1.54) is 17.1 Å². The molecule has 2 aliphatic rings. The second-order valence-electron chi connectivity index (χ2n) is 6.36. The van der Waals surface area contributed by atoms with Gasteiger partial charge in [-0.05, 0) is 31.6 Å². The first-order valence-corrected chi connectivity index (χ1v) is 9.34. The quantitative estimate of drug-likeness (QED) is 0.771. The lowest BCUT2D eigenvalue weighted by atomic mass is 9.98. The van der Waals surface area contributed by atoms with Crippen molar-refractivity contribution in [2.45, 2.75) is 57.9 Å². The predicted molar refractivity (Wildman–Crippen MR) is 80.0 cm³/mol. The molecular weight excluding hydrogens is 292 g/mol. The number of carboxylic acids is 1. The number of aliphatic carboxylic acids is 1. The van der Waals surface area contributed by atoms with Gasteiger partial charge < -0.3 is 5.11 Å². The molecule has 2 rings (SSSR count).